The summed E-state index contributed by atoms with van der Waals surface area (Å²) in [5.74, 6) is 1.59. The molecule has 0 unspecified atom stereocenters. The Bertz CT molecular complexity index is 730. The summed E-state index contributed by atoms with van der Waals surface area (Å²) in [5, 5.41) is 4.18. The zero-order chi connectivity index (χ0) is 13.9. The van der Waals surface area contributed by atoms with Crippen LogP contribution in [0.15, 0.2) is 42.6 Å². The van der Waals surface area contributed by atoms with Crippen molar-refractivity contribution in [3.8, 4) is 11.4 Å². The topological polar surface area (TPSA) is 50.7 Å². The highest BCUT2D eigenvalue weighted by Gasteiger charge is 2.06. The maximum absolute atomic E-state index is 4.61. The summed E-state index contributed by atoms with van der Waals surface area (Å²) in [7, 11) is 1.87. The van der Waals surface area contributed by atoms with Crippen LogP contribution in [0.3, 0.4) is 0 Å². The van der Waals surface area contributed by atoms with Gasteiger partial charge >= 0.3 is 0 Å². The number of benzene rings is 1. The largest absolute Gasteiger partial charge is 0.373 e. The molecule has 4 nitrogen and oxygen atoms in total. The van der Waals surface area contributed by atoms with Gasteiger partial charge in [-0.15, -0.1) is 0 Å². The Labute approximate surface area is 117 Å². The van der Waals surface area contributed by atoms with E-state index in [0.717, 1.165) is 40.2 Å². The molecule has 0 fully saturated rings. The highest BCUT2D eigenvalue weighted by Crippen LogP contribution is 2.22. The Balaban J connectivity index is 2.14. The molecule has 0 radical (unpaired) electrons. The van der Waals surface area contributed by atoms with E-state index in [1.165, 1.54) is 0 Å². The number of hydrogen-bond acceptors (Lipinski definition) is 4. The molecule has 3 aromatic rings. The van der Waals surface area contributed by atoms with Crippen molar-refractivity contribution in [3.63, 3.8) is 0 Å². The third-order valence-corrected chi connectivity index (χ3v) is 3.26. The third-order valence-electron chi connectivity index (χ3n) is 3.26. The number of pyridine rings is 1. The number of aryl methyl sites for hydroxylation is 1. The van der Waals surface area contributed by atoms with Gasteiger partial charge in [0.1, 0.15) is 5.82 Å². The van der Waals surface area contributed by atoms with E-state index in [1.807, 2.05) is 31.3 Å². The standard InChI is InChI=1S/C16H16N4/c1-3-13-10-15(17-2)20-16(19-13)12-6-7-14-11(9-12)5-4-8-18-14/h4-10H,3H2,1-2H3,(H,17,19,20). The quantitative estimate of drug-likeness (QED) is 0.788. The molecule has 3 rings (SSSR count). The van der Waals surface area contributed by atoms with Crippen LogP contribution in [-0.4, -0.2) is 22.0 Å². The summed E-state index contributed by atoms with van der Waals surface area (Å²) in [6, 6.07) is 12.1. The second-order valence-electron chi connectivity index (χ2n) is 4.58. The van der Waals surface area contributed by atoms with Crippen LogP contribution in [0.5, 0.6) is 0 Å². The zero-order valence-corrected chi connectivity index (χ0v) is 11.6. The van der Waals surface area contributed by atoms with Crippen LogP contribution in [0.2, 0.25) is 0 Å². The van der Waals surface area contributed by atoms with Gasteiger partial charge < -0.3 is 5.32 Å². The summed E-state index contributed by atoms with van der Waals surface area (Å²) < 4.78 is 0. The first-order chi connectivity index (χ1) is 9.80. The highest BCUT2D eigenvalue weighted by molar-refractivity contribution is 5.83. The van der Waals surface area contributed by atoms with Crippen LogP contribution in [0.4, 0.5) is 5.82 Å². The van der Waals surface area contributed by atoms with Gasteiger partial charge in [-0.2, -0.15) is 0 Å². The van der Waals surface area contributed by atoms with Gasteiger partial charge in [-0.25, -0.2) is 9.97 Å². The van der Waals surface area contributed by atoms with Crippen molar-refractivity contribution in [2.45, 2.75) is 13.3 Å². The molecule has 1 aromatic carbocycles. The lowest BCUT2D eigenvalue weighted by atomic mass is 10.1. The molecule has 0 aliphatic rings. The molecule has 0 saturated heterocycles. The molecule has 100 valence electrons. The van der Waals surface area contributed by atoms with E-state index in [4.69, 9.17) is 0 Å². The van der Waals surface area contributed by atoms with Crippen LogP contribution >= 0.6 is 0 Å². The van der Waals surface area contributed by atoms with E-state index in [0.29, 0.717) is 0 Å². The van der Waals surface area contributed by atoms with E-state index in [1.54, 1.807) is 6.20 Å². The van der Waals surface area contributed by atoms with Crippen molar-refractivity contribution < 1.29 is 0 Å². The number of hydrogen-bond donors (Lipinski definition) is 1. The van der Waals surface area contributed by atoms with E-state index in [9.17, 15) is 0 Å². The molecule has 0 aliphatic heterocycles. The first-order valence-corrected chi connectivity index (χ1v) is 6.71. The summed E-state index contributed by atoms with van der Waals surface area (Å²) in [6.07, 6.45) is 2.69. The van der Waals surface area contributed by atoms with Crippen LogP contribution in [0, 0.1) is 0 Å². The minimum atomic E-state index is 0.749. The summed E-state index contributed by atoms with van der Waals surface area (Å²) in [5.41, 5.74) is 3.03. The van der Waals surface area contributed by atoms with Crippen molar-refractivity contribution >= 4 is 16.7 Å². The minimum Gasteiger partial charge on any atom is -0.373 e. The van der Waals surface area contributed by atoms with Crippen LogP contribution in [0.25, 0.3) is 22.3 Å². The van der Waals surface area contributed by atoms with Crippen molar-refractivity contribution in [2.75, 3.05) is 12.4 Å². The Kier molecular flexibility index (Phi) is 3.29. The molecule has 2 heterocycles. The molecule has 4 heteroatoms. The summed E-state index contributed by atoms with van der Waals surface area (Å²) in [4.78, 5) is 13.5. The number of aromatic nitrogens is 3. The monoisotopic (exact) mass is 264 g/mol. The van der Waals surface area contributed by atoms with E-state index in [2.05, 4.69) is 39.3 Å². The first-order valence-electron chi connectivity index (χ1n) is 6.71. The fourth-order valence-electron chi connectivity index (χ4n) is 2.15. The molecule has 2 aromatic heterocycles. The Morgan fingerprint density at radius 3 is 2.80 bits per heavy atom. The van der Waals surface area contributed by atoms with Crippen molar-refractivity contribution in [1.29, 1.82) is 0 Å². The SMILES string of the molecule is CCc1cc(NC)nc(-c2ccc3ncccc3c2)n1. The zero-order valence-electron chi connectivity index (χ0n) is 11.6. The third kappa shape index (κ3) is 2.32. The van der Waals surface area contributed by atoms with Gasteiger partial charge in [0.05, 0.1) is 5.52 Å². The Morgan fingerprint density at radius 2 is 2.00 bits per heavy atom. The van der Waals surface area contributed by atoms with Gasteiger partial charge in [0.25, 0.3) is 0 Å². The smallest absolute Gasteiger partial charge is 0.161 e. The van der Waals surface area contributed by atoms with Gasteiger partial charge in [0.15, 0.2) is 5.82 Å². The van der Waals surface area contributed by atoms with E-state index >= 15 is 0 Å². The number of rotatable bonds is 3. The molecule has 0 spiro atoms. The lowest BCUT2D eigenvalue weighted by molar-refractivity contribution is 1.01. The van der Waals surface area contributed by atoms with Gasteiger partial charge in [-0.3, -0.25) is 4.98 Å². The number of nitrogens with zero attached hydrogens (tertiary/aromatic N) is 3. The lowest BCUT2D eigenvalue weighted by Gasteiger charge is -2.07. The Hall–Kier alpha value is -2.49. The van der Waals surface area contributed by atoms with Crippen molar-refractivity contribution in [2.24, 2.45) is 0 Å². The van der Waals surface area contributed by atoms with Gasteiger partial charge in [-0.05, 0) is 30.7 Å². The second-order valence-corrected chi connectivity index (χ2v) is 4.58. The van der Waals surface area contributed by atoms with Gasteiger partial charge in [-0.1, -0.05) is 13.0 Å². The second kappa shape index (κ2) is 5.25. The molecule has 0 saturated carbocycles. The molecule has 0 bridgehead atoms. The van der Waals surface area contributed by atoms with Crippen LogP contribution in [-0.2, 0) is 6.42 Å². The van der Waals surface area contributed by atoms with Gasteiger partial charge in [0.2, 0.25) is 0 Å². The lowest BCUT2D eigenvalue weighted by Crippen LogP contribution is -2.00. The molecular formula is C16H16N4. The molecule has 0 amide bonds. The average molecular weight is 264 g/mol. The molecular weight excluding hydrogens is 248 g/mol. The van der Waals surface area contributed by atoms with Crippen molar-refractivity contribution in [3.05, 3.63) is 48.3 Å². The molecule has 0 atom stereocenters. The first kappa shape index (κ1) is 12.5. The van der Waals surface area contributed by atoms with Crippen LogP contribution < -0.4 is 5.32 Å². The van der Waals surface area contributed by atoms with Gasteiger partial charge in [0, 0.05) is 36.0 Å². The summed E-state index contributed by atoms with van der Waals surface area (Å²) in [6.45, 7) is 2.09. The molecule has 20 heavy (non-hydrogen) atoms. The fourth-order valence-corrected chi connectivity index (χ4v) is 2.15. The van der Waals surface area contributed by atoms with Crippen molar-refractivity contribution in [1.82, 2.24) is 15.0 Å². The summed E-state index contributed by atoms with van der Waals surface area (Å²) >= 11 is 0. The molecule has 0 aliphatic carbocycles. The number of anilines is 1. The minimum absolute atomic E-state index is 0.749. The fraction of sp³-hybridized carbons (Fsp3) is 0.188. The van der Waals surface area contributed by atoms with Crippen LogP contribution in [0.1, 0.15) is 12.6 Å². The Morgan fingerprint density at radius 1 is 1.10 bits per heavy atom. The normalized spacial score (nSPS) is 10.7. The number of fused-ring (bicyclic) bond motifs is 1. The highest BCUT2D eigenvalue weighted by atomic mass is 15.0. The van der Waals surface area contributed by atoms with E-state index < -0.39 is 0 Å². The predicted molar refractivity (Wildman–Crippen MR) is 81.7 cm³/mol. The van der Waals surface area contributed by atoms with E-state index in [-0.39, 0.29) is 0 Å². The average Bonchev–Trinajstić information content (AvgIpc) is 2.53. The maximum Gasteiger partial charge on any atom is 0.161 e. The molecule has 1 N–H and O–H groups in total. The number of nitrogens with one attached hydrogen (secondary N) is 1. The predicted octanol–water partition coefficient (Wildman–Crippen LogP) is 3.30. The maximum atomic E-state index is 4.61.